The molecule has 3 heteroatoms. The number of nitrogens with zero attached hydrogens (tertiary/aromatic N) is 2. The Kier molecular flexibility index (Phi) is 2.79. The lowest BCUT2D eigenvalue weighted by Gasteiger charge is -2.16. The number of allylic oxidation sites excluding steroid dienone is 3. The van der Waals surface area contributed by atoms with Gasteiger partial charge in [0.05, 0.1) is 0 Å². The molecule has 2 heterocycles. The summed E-state index contributed by atoms with van der Waals surface area (Å²) in [6.45, 7) is 3.01. The maximum atomic E-state index is 4.58. The van der Waals surface area contributed by atoms with Crippen LogP contribution in [-0.4, -0.2) is 17.3 Å². The van der Waals surface area contributed by atoms with E-state index in [0.717, 1.165) is 30.9 Å². The van der Waals surface area contributed by atoms with Crippen LogP contribution in [0.5, 0.6) is 0 Å². The highest BCUT2D eigenvalue weighted by Gasteiger charge is 2.09. The fourth-order valence-corrected chi connectivity index (χ4v) is 1.48. The molecule has 0 aromatic rings. The molecule has 74 valence electrons. The molecule has 0 spiro atoms. The quantitative estimate of drug-likeness (QED) is 0.719. The summed E-state index contributed by atoms with van der Waals surface area (Å²) in [4.78, 5) is 4.58. The minimum atomic E-state index is 0.891. The lowest BCUT2D eigenvalue weighted by atomic mass is 10.2. The van der Waals surface area contributed by atoms with Gasteiger partial charge in [0.25, 0.3) is 0 Å². The van der Waals surface area contributed by atoms with Crippen LogP contribution in [0.4, 0.5) is 0 Å². The van der Waals surface area contributed by atoms with Crippen molar-refractivity contribution in [2.45, 2.75) is 19.8 Å². The zero-order chi connectivity index (χ0) is 9.80. The van der Waals surface area contributed by atoms with Gasteiger partial charge in [-0.1, -0.05) is 19.1 Å². The van der Waals surface area contributed by atoms with Gasteiger partial charge in [-0.05, 0) is 25.0 Å². The van der Waals surface area contributed by atoms with Gasteiger partial charge in [-0.3, -0.25) is 5.01 Å². The lowest BCUT2D eigenvalue weighted by molar-refractivity contribution is 0.378. The number of hydrazine groups is 1. The summed E-state index contributed by atoms with van der Waals surface area (Å²) in [7, 11) is 0. The van der Waals surface area contributed by atoms with Gasteiger partial charge >= 0.3 is 0 Å². The van der Waals surface area contributed by atoms with Crippen molar-refractivity contribution in [2.75, 3.05) is 6.54 Å². The Morgan fingerprint density at radius 3 is 3.14 bits per heavy atom. The van der Waals surface area contributed by atoms with E-state index < -0.39 is 0 Å². The number of nitrogens with one attached hydrogen (secondary N) is 1. The Labute approximate surface area is 84.5 Å². The number of aliphatic imine (C=N–C) groups is 1. The molecule has 0 amide bonds. The molecule has 0 fully saturated rings. The fourth-order valence-electron chi connectivity index (χ4n) is 1.48. The monoisotopic (exact) mass is 189 g/mol. The SMILES string of the molecule is CCC1=NC(N2C=CCN2)=CCC=C1. The van der Waals surface area contributed by atoms with Crippen molar-refractivity contribution in [2.24, 2.45) is 4.99 Å². The van der Waals surface area contributed by atoms with Gasteiger partial charge in [-0.15, -0.1) is 0 Å². The fraction of sp³-hybridized carbons (Fsp3) is 0.364. The molecule has 0 saturated heterocycles. The molecule has 0 aliphatic carbocycles. The predicted octanol–water partition coefficient (Wildman–Crippen LogP) is 1.97. The van der Waals surface area contributed by atoms with E-state index in [1.807, 2.05) is 11.2 Å². The van der Waals surface area contributed by atoms with E-state index in [9.17, 15) is 0 Å². The van der Waals surface area contributed by atoms with E-state index in [2.05, 4.69) is 41.6 Å². The summed E-state index contributed by atoms with van der Waals surface area (Å²) in [6.07, 6.45) is 12.4. The third-order valence-electron chi connectivity index (χ3n) is 2.25. The second kappa shape index (κ2) is 4.24. The van der Waals surface area contributed by atoms with Crippen molar-refractivity contribution in [3.05, 3.63) is 36.3 Å². The molecule has 0 aromatic heterocycles. The van der Waals surface area contributed by atoms with Crippen LogP contribution in [0.1, 0.15) is 19.8 Å². The zero-order valence-corrected chi connectivity index (χ0v) is 8.40. The molecular formula is C11H15N3. The molecule has 0 unspecified atom stereocenters. The average molecular weight is 189 g/mol. The highest BCUT2D eigenvalue weighted by atomic mass is 15.5. The van der Waals surface area contributed by atoms with Crippen molar-refractivity contribution in [3.63, 3.8) is 0 Å². The largest absolute Gasteiger partial charge is 0.267 e. The van der Waals surface area contributed by atoms with Gasteiger partial charge in [0, 0.05) is 18.5 Å². The second-order valence-corrected chi connectivity index (χ2v) is 3.27. The van der Waals surface area contributed by atoms with Gasteiger partial charge in [-0.25, -0.2) is 10.4 Å². The molecule has 2 rings (SSSR count). The molecule has 3 nitrogen and oxygen atoms in total. The summed E-state index contributed by atoms with van der Waals surface area (Å²) in [5, 5.41) is 1.97. The van der Waals surface area contributed by atoms with E-state index >= 15 is 0 Å². The first-order valence-corrected chi connectivity index (χ1v) is 5.04. The normalized spacial score (nSPS) is 20.8. The molecule has 0 aromatic carbocycles. The highest BCUT2D eigenvalue weighted by Crippen LogP contribution is 2.13. The predicted molar refractivity (Wildman–Crippen MR) is 58.5 cm³/mol. The van der Waals surface area contributed by atoms with Gasteiger partial charge in [0.2, 0.25) is 0 Å². The molecule has 0 radical (unpaired) electrons. The minimum Gasteiger partial charge on any atom is -0.267 e. The van der Waals surface area contributed by atoms with Crippen LogP contribution in [0.3, 0.4) is 0 Å². The van der Waals surface area contributed by atoms with Crippen molar-refractivity contribution in [3.8, 4) is 0 Å². The van der Waals surface area contributed by atoms with Crippen LogP contribution in [0.25, 0.3) is 0 Å². The zero-order valence-electron chi connectivity index (χ0n) is 8.40. The van der Waals surface area contributed by atoms with E-state index in [-0.39, 0.29) is 0 Å². The number of hydrogen-bond acceptors (Lipinski definition) is 3. The first-order chi connectivity index (χ1) is 6.90. The minimum absolute atomic E-state index is 0.891. The van der Waals surface area contributed by atoms with Crippen LogP contribution in [0, 0.1) is 0 Å². The average Bonchev–Trinajstić information content (AvgIpc) is 2.63. The Bertz CT molecular complexity index is 323. The van der Waals surface area contributed by atoms with Crippen molar-refractivity contribution in [1.29, 1.82) is 0 Å². The molecule has 2 aliphatic heterocycles. The molecule has 0 saturated carbocycles. The maximum absolute atomic E-state index is 4.58. The van der Waals surface area contributed by atoms with Crippen LogP contribution in [0.2, 0.25) is 0 Å². The van der Waals surface area contributed by atoms with Crippen LogP contribution < -0.4 is 5.43 Å². The molecule has 2 aliphatic rings. The van der Waals surface area contributed by atoms with Gasteiger partial charge in [0.1, 0.15) is 5.82 Å². The molecule has 0 bridgehead atoms. The maximum Gasteiger partial charge on any atom is 0.143 e. The van der Waals surface area contributed by atoms with Gasteiger partial charge in [0.15, 0.2) is 0 Å². The van der Waals surface area contributed by atoms with Gasteiger partial charge < -0.3 is 0 Å². The molecular weight excluding hydrogens is 174 g/mol. The Morgan fingerprint density at radius 2 is 2.43 bits per heavy atom. The van der Waals surface area contributed by atoms with Crippen molar-refractivity contribution in [1.82, 2.24) is 10.4 Å². The van der Waals surface area contributed by atoms with Crippen LogP contribution in [-0.2, 0) is 0 Å². The Morgan fingerprint density at radius 1 is 1.50 bits per heavy atom. The second-order valence-electron chi connectivity index (χ2n) is 3.27. The summed E-state index contributed by atoms with van der Waals surface area (Å²) in [5.74, 6) is 1.00. The number of rotatable bonds is 2. The summed E-state index contributed by atoms with van der Waals surface area (Å²) < 4.78 is 0. The van der Waals surface area contributed by atoms with Crippen molar-refractivity contribution >= 4 is 5.71 Å². The topological polar surface area (TPSA) is 27.6 Å². The summed E-state index contributed by atoms with van der Waals surface area (Å²) in [5.41, 5.74) is 4.35. The molecule has 1 N–H and O–H groups in total. The smallest absolute Gasteiger partial charge is 0.143 e. The Hall–Kier alpha value is -1.35. The summed E-state index contributed by atoms with van der Waals surface area (Å²) >= 11 is 0. The van der Waals surface area contributed by atoms with E-state index in [4.69, 9.17) is 0 Å². The standard InChI is InChI=1S/C11H15N3/c1-2-10-6-3-4-7-11(13-10)14-9-5-8-12-14/h3,5-7,9,12H,2,4,8H2,1H3. The van der Waals surface area contributed by atoms with Crippen LogP contribution in [0.15, 0.2) is 41.3 Å². The summed E-state index contributed by atoms with van der Waals surface area (Å²) in [6, 6.07) is 0. The first kappa shape index (κ1) is 9.21. The molecule has 0 atom stereocenters. The highest BCUT2D eigenvalue weighted by molar-refractivity contribution is 5.95. The third kappa shape index (κ3) is 1.93. The van der Waals surface area contributed by atoms with E-state index in [1.54, 1.807) is 0 Å². The third-order valence-corrected chi connectivity index (χ3v) is 2.25. The van der Waals surface area contributed by atoms with Crippen molar-refractivity contribution < 1.29 is 0 Å². The number of hydrogen-bond donors (Lipinski definition) is 1. The first-order valence-electron chi connectivity index (χ1n) is 5.04. The van der Waals surface area contributed by atoms with E-state index in [1.165, 1.54) is 0 Å². The lowest BCUT2D eigenvalue weighted by Crippen LogP contribution is -2.27. The van der Waals surface area contributed by atoms with Crippen LogP contribution >= 0.6 is 0 Å². The van der Waals surface area contributed by atoms with Gasteiger partial charge in [-0.2, -0.15) is 0 Å². The molecule has 14 heavy (non-hydrogen) atoms. The Balaban J connectivity index is 2.18. The van der Waals surface area contributed by atoms with E-state index in [0.29, 0.717) is 0 Å².